The van der Waals surface area contributed by atoms with Gasteiger partial charge in [0.2, 0.25) is 0 Å². The number of hydrogen-bond acceptors (Lipinski definition) is 3. The summed E-state index contributed by atoms with van der Waals surface area (Å²) in [7, 11) is 0. The molecule has 0 aliphatic rings. The number of rotatable bonds is 16. The molecule has 3 nitrogen and oxygen atoms in total. The van der Waals surface area contributed by atoms with Crippen LogP contribution < -0.4 is 0 Å². The van der Waals surface area contributed by atoms with Gasteiger partial charge in [-0.1, -0.05) is 98.6 Å². The van der Waals surface area contributed by atoms with Crippen LogP contribution in [-0.4, -0.2) is 18.9 Å². The maximum Gasteiger partial charge on any atom is 0.508 e. The summed E-state index contributed by atoms with van der Waals surface area (Å²) in [5.41, 5.74) is -0.0720. The van der Waals surface area contributed by atoms with E-state index < -0.39 is 6.16 Å². The summed E-state index contributed by atoms with van der Waals surface area (Å²) in [6, 6.07) is 0. The predicted octanol–water partition coefficient (Wildman–Crippen LogP) is 8.47. The Morgan fingerprint density at radius 3 is 1.82 bits per heavy atom. The van der Waals surface area contributed by atoms with Gasteiger partial charge in [0, 0.05) is 0 Å². The molecular weight excluding hydrogens is 348 g/mol. The topological polar surface area (TPSA) is 35.5 Å². The monoisotopic (exact) mass is 396 g/mol. The molecule has 0 amide bonds. The minimum absolute atomic E-state index is 0.0720. The third kappa shape index (κ3) is 16.0. The zero-order chi connectivity index (χ0) is 21.3. The van der Waals surface area contributed by atoms with E-state index in [1.807, 2.05) is 0 Å². The van der Waals surface area contributed by atoms with Gasteiger partial charge < -0.3 is 9.47 Å². The standard InChI is InChI=1S/C25H48O3/c1-7-8-9-10-11-12-13-14-15-16-17-18-19-20-21-27-24(26)28-23(22(2)3)25(4,5)6/h12-13,22-23H,7-11,14-21H2,1-6H3. The molecule has 0 rings (SSSR count). The molecule has 3 heteroatoms. The van der Waals surface area contributed by atoms with Gasteiger partial charge in [0.1, 0.15) is 6.10 Å². The second-order valence-corrected chi connectivity index (χ2v) is 9.48. The molecular formula is C25H48O3. The van der Waals surface area contributed by atoms with Crippen molar-refractivity contribution in [3.05, 3.63) is 12.2 Å². The Labute approximate surface area is 175 Å². The molecule has 0 spiro atoms. The normalized spacial score (nSPS) is 13.2. The Morgan fingerprint density at radius 2 is 1.32 bits per heavy atom. The summed E-state index contributed by atoms with van der Waals surface area (Å²) in [5, 5.41) is 0. The van der Waals surface area contributed by atoms with E-state index in [1.165, 1.54) is 64.2 Å². The SMILES string of the molecule is CCCCCCC=CCCCCCCCCOC(=O)OC(C(C)C)C(C)(C)C. The van der Waals surface area contributed by atoms with Crippen LogP contribution in [0.3, 0.4) is 0 Å². The molecule has 0 radical (unpaired) electrons. The number of carbonyl (C=O) groups is 1. The van der Waals surface area contributed by atoms with Gasteiger partial charge in [-0.15, -0.1) is 0 Å². The summed E-state index contributed by atoms with van der Waals surface area (Å²) in [6.07, 6.45) is 19.1. The third-order valence-corrected chi connectivity index (χ3v) is 5.06. The van der Waals surface area contributed by atoms with Crippen LogP contribution >= 0.6 is 0 Å². The molecule has 0 saturated carbocycles. The first-order valence-electron chi connectivity index (χ1n) is 11.8. The van der Waals surface area contributed by atoms with Crippen LogP contribution in [0.4, 0.5) is 4.79 Å². The quantitative estimate of drug-likeness (QED) is 0.149. The number of allylic oxidation sites excluding steroid dienone is 2. The largest absolute Gasteiger partial charge is 0.508 e. The molecule has 166 valence electrons. The summed E-state index contributed by atoms with van der Waals surface area (Å²) >= 11 is 0. The van der Waals surface area contributed by atoms with Gasteiger partial charge in [-0.2, -0.15) is 0 Å². The zero-order valence-electron chi connectivity index (χ0n) is 19.7. The lowest BCUT2D eigenvalue weighted by Gasteiger charge is -2.32. The molecule has 0 heterocycles. The van der Waals surface area contributed by atoms with Crippen LogP contribution in [-0.2, 0) is 9.47 Å². The number of ether oxygens (including phenoxy) is 2. The van der Waals surface area contributed by atoms with E-state index in [9.17, 15) is 4.79 Å². The number of carbonyl (C=O) groups excluding carboxylic acids is 1. The van der Waals surface area contributed by atoms with Crippen molar-refractivity contribution in [2.45, 2.75) is 125 Å². The van der Waals surface area contributed by atoms with Crippen LogP contribution in [0.15, 0.2) is 12.2 Å². The van der Waals surface area contributed by atoms with Gasteiger partial charge in [-0.05, 0) is 43.4 Å². The van der Waals surface area contributed by atoms with Crippen LogP contribution in [0.25, 0.3) is 0 Å². The lowest BCUT2D eigenvalue weighted by molar-refractivity contribution is -0.0381. The average molecular weight is 397 g/mol. The van der Waals surface area contributed by atoms with Crippen molar-refractivity contribution in [1.82, 2.24) is 0 Å². The second-order valence-electron chi connectivity index (χ2n) is 9.48. The summed E-state index contributed by atoms with van der Waals surface area (Å²) in [6.45, 7) is 13.2. The van der Waals surface area contributed by atoms with Crippen molar-refractivity contribution in [2.24, 2.45) is 11.3 Å². The fourth-order valence-electron chi connectivity index (χ4n) is 3.60. The Morgan fingerprint density at radius 1 is 0.821 bits per heavy atom. The molecule has 0 aromatic rings. The predicted molar refractivity (Wildman–Crippen MR) is 121 cm³/mol. The van der Waals surface area contributed by atoms with Crippen LogP contribution in [0, 0.1) is 11.3 Å². The highest BCUT2D eigenvalue weighted by molar-refractivity contribution is 5.60. The molecule has 1 unspecified atom stereocenters. The van der Waals surface area contributed by atoms with E-state index >= 15 is 0 Å². The highest BCUT2D eigenvalue weighted by Gasteiger charge is 2.31. The van der Waals surface area contributed by atoms with Crippen molar-refractivity contribution in [3.63, 3.8) is 0 Å². The average Bonchev–Trinajstić information content (AvgIpc) is 2.61. The summed E-state index contributed by atoms with van der Waals surface area (Å²) in [5.74, 6) is 0.281. The van der Waals surface area contributed by atoms with E-state index in [1.54, 1.807) is 0 Å². The first-order chi connectivity index (χ1) is 13.3. The van der Waals surface area contributed by atoms with Crippen molar-refractivity contribution in [2.75, 3.05) is 6.61 Å². The first-order valence-corrected chi connectivity index (χ1v) is 11.8. The van der Waals surface area contributed by atoms with E-state index in [0.29, 0.717) is 6.61 Å². The highest BCUT2D eigenvalue weighted by Crippen LogP contribution is 2.28. The van der Waals surface area contributed by atoms with Crippen molar-refractivity contribution >= 4 is 6.16 Å². The van der Waals surface area contributed by atoms with Gasteiger partial charge in [0.25, 0.3) is 0 Å². The zero-order valence-corrected chi connectivity index (χ0v) is 19.7. The molecule has 0 fully saturated rings. The molecule has 0 bridgehead atoms. The van der Waals surface area contributed by atoms with E-state index in [2.05, 4.69) is 53.7 Å². The van der Waals surface area contributed by atoms with Crippen LogP contribution in [0.5, 0.6) is 0 Å². The van der Waals surface area contributed by atoms with Crippen molar-refractivity contribution in [1.29, 1.82) is 0 Å². The molecule has 0 aliphatic heterocycles. The Hall–Kier alpha value is -0.990. The van der Waals surface area contributed by atoms with Gasteiger partial charge in [0.05, 0.1) is 6.61 Å². The Kier molecular flexibility index (Phi) is 16.3. The number of hydrogen-bond donors (Lipinski definition) is 0. The third-order valence-electron chi connectivity index (χ3n) is 5.06. The molecule has 0 aromatic carbocycles. The Balaban J connectivity index is 3.52. The lowest BCUT2D eigenvalue weighted by Crippen LogP contribution is -2.36. The maximum absolute atomic E-state index is 11.9. The second kappa shape index (κ2) is 16.9. The Bertz CT molecular complexity index is 393. The molecule has 0 aliphatic carbocycles. The lowest BCUT2D eigenvalue weighted by atomic mass is 9.83. The van der Waals surface area contributed by atoms with Crippen LogP contribution in [0.1, 0.15) is 119 Å². The minimum atomic E-state index is -0.518. The molecule has 0 aromatic heterocycles. The summed E-state index contributed by atoms with van der Waals surface area (Å²) in [4.78, 5) is 11.9. The van der Waals surface area contributed by atoms with E-state index in [4.69, 9.17) is 9.47 Å². The van der Waals surface area contributed by atoms with E-state index in [0.717, 1.165) is 12.8 Å². The van der Waals surface area contributed by atoms with Gasteiger partial charge >= 0.3 is 6.16 Å². The molecule has 0 saturated heterocycles. The molecule has 0 N–H and O–H groups in total. The molecule has 28 heavy (non-hydrogen) atoms. The van der Waals surface area contributed by atoms with Gasteiger partial charge in [0.15, 0.2) is 0 Å². The fraction of sp³-hybridized carbons (Fsp3) is 0.880. The van der Waals surface area contributed by atoms with Crippen molar-refractivity contribution < 1.29 is 14.3 Å². The van der Waals surface area contributed by atoms with Gasteiger partial charge in [-0.25, -0.2) is 4.79 Å². The van der Waals surface area contributed by atoms with Crippen molar-refractivity contribution in [3.8, 4) is 0 Å². The van der Waals surface area contributed by atoms with E-state index in [-0.39, 0.29) is 17.4 Å². The maximum atomic E-state index is 11.9. The first kappa shape index (κ1) is 27.0. The minimum Gasteiger partial charge on any atom is -0.434 e. The van der Waals surface area contributed by atoms with Crippen LogP contribution in [0.2, 0.25) is 0 Å². The summed E-state index contributed by atoms with van der Waals surface area (Å²) < 4.78 is 10.8. The fourth-order valence-corrected chi connectivity index (χ4v) is 3.60. The molecule has 1 atom stereocenters. The smallest absolute Gasteiger partial charge is 0.434 e. The number of unbranched alkanes of at least 4 members (excludes halogenated alkanes) is 10. The highest BCUT2D eigenvalue weighted by atomic mass is 16.7. The van der Waals surface area contributed by atoms with Gasteiger partial charge in [-0.3, -0.25) is 0 Å².